The molecule has 168 valence electrons. The number of carbonyl (C=O) groups excluding carboxylic acids is 2. The number of carbonyl (C=O) groups is 2. The van der Waals surface area contributed by atoms with Gasteiger partial charge < -0.3 is 10.1 Å². The number of rotatable bonds is 8. The molecule has 0 fully saturated rings. The van der Waals surface area contributed by atoms with Gasteiger partial charge >= 0.3 is 5.97 Å². The smallest absolute Gasteiger partial charge is 0.307 e. The number of para-hydroxylation sites is 1. The first kappa shape index (κ1) is 23.7. The van der Waals surface area contributed by atoms with Crippen LogP contribution in [0.15, 0.2) is 64.1 Å². The third kappa shape index (κ3) is 5.62. The van der Waals surface area contributed by atoms with Crippen molar-refractivity contribution in [2.24, 2.45) is 5.92 Å². The number of ether oxygens (including phenoxy) is 1. The van der Waals surface area contributed by atoms with Gasteiger partial charge in [-0.05, 0) is 42.2 Å². The molecule has 32 heavy (non-hydrogen) atoms. The summed E-state index contributed by atoms with van der Waals surface area (Å²) in [5, 5.41) is 3.41. The van der Waals surface area contributed by atoms with Crippen molar-refractivity contribution in [3.63, 3.8) is 0 Å². The Morgan fingerprint density at radius 2 is 1.91 bits per heavy atom. The van der Waals surface area contributed by atoms with Crippen molar-refractivity contribution >= 4 is 38.7 Å². The Bertz CT molecular complexity index is 1180. The van der Waals surface area contributed by atoms with Gasteiger partial charge in [-0.3, -0.25) is 19.0 Å². The van der Waals surface area contributed by atoms with Crippen LogP contribution in [0.4, 0.5) is 0 Å². The summed E-state index contributed by atoms with van der Waals surface area (Å²) in [4.78, 5) is 43.0. The Labute approximate surface area is 194 Å². The highest BCUT2D eigenvalue weighted by Crippen LogP contribution is 2.24. The zero-order valence-electron chi connectivity index (χ0n) is 18.2. The predicted octanol–water partition coefficient (Wildman–Crippen LogP) is 4.17. The lowest BCUT2D eigenvalue weighted by molar-refractivity contribution is -0.141. The standard InChI is InChI=1S/C24H26BrN3O4/c1-15(2)11-21(28-14-26-19-10-5-4-9-18(19)24(28)31)23(30)27-20(13-22(29)32-3)16-7-6-8-17(25)12-16/h4-10,12,14-15,20-21H,11,13H2,1-3H3,(H,27,30)/t20-,21-/m0/s1. The molecule has 0 bridgehead atoms. The number of hydrogen-bond acceptors (Lipinski definition) is 5. The predicted molar refractivity (Wildman–Crippen MR) is 126 cm³/mol. The van der Waals surface area contributed by atoms with E-state index in [0.717, 1.165) is 10.0 Å². The maximum absolute atomic E-state index is 13.4. The molecule has 3 rings (SSSR count). The largest absolute Gasteiger partial charge is 0.469 e. The van der Waals surface area contributed by atoms with E-state index in [9.17, 15) is 14.4 Å². The van der Waals surface area contributed by atoms with E-state index in [1.54, 1.807) is 18.2 Å². The zero-order valence-corrected chi connectivity index (χ0v) is 19.8. The van der Waals surface area contributed by atoms with Crippen LogP contribution >= 0.6 is 15.9 Å². The molecule has 0 aliphatic carbocycles. The number of nitrogens with one attached hydrogen (secondary N) is 1. The first-order valence-corrected chi connectivity index (χ1v) is 11.2. The first-order chi connectivity index (χ1) is 15.3. The Morgan fingerprint density at radius 3 is 2.59 bits per heavy atom. The first-order valence-electron chi connectivity index (χ1n) is 10.4. The minimum atomic E-state index is -0.771. The molecule has 0 unspecified atom stereocenters. The molecule has 8 heteroatoms. The number of hydrogen-bond donors (Lipinski definition) is 1. The number of nitrogens with zero attached hydrogens (tertiary/aromatic N) is 2. The van der Waals surface area contributed by atoms with Crippen LogP contribution in [-0.2, 0) is 14.3 Å². The van der Waals surface area contributed by atoms with Gasteiger partial charge in [0.05, 0.1) is 36.8 Å². The van der Waals surface area contributed by atoms with Gasteiger partial charge in [-0.15, -0.1) is 0 Å². The van der Waals surface area contributed by atoms with Crippen LogP contribution in [0.2, 0.25) is 0 Å². The molecule has 0 aliphatic rings. The number of aromatic nitrogens is 2. The van der Waals surface area contributed by atoms with Crippen LogP contribution in [0, 0.1) is 5.92 Å². The van der Waals surface area contributed by atoms with E-state index in [1.807, 2.05) is 44.2 Å². The molecular formula is C24H26BrN3O4. The fraction of sp³-hybridized carbons (Fsp3) is 0.333. The van der Waals surface area contributed by atoms with Gasteiger partial charge in [0.25, 0.3) is 5.56 Å². The van der Waals surface area contributed by atoms with E-state index in [1.165, 1.54) is 18.0 Å². The Morgan fingerprint density at radius 1 is 1.16 bits per heavy atom. The molecule has 7 nitrogen and oxygen atoms in total. The lowest BCUT2D eigenvalue weighted by Gasteiger charge is -2.25. The van der Waals surface area contributed by atoms with Crippen molar-refractivity contribution < 1.29 is 14.3 Å². The van der Waals surface area contributed by atoms with Gasteiger partial charge in [-0.25, -0.2) is 4.98 Å². The molecule has 2 atom stereocenters. The van der Waals surface area contributed by atoms with Crippen LogP contribution < -0.4 is 10.9 Å². The van der Waals surface area contributed by atoms with E-state index >= 15 is 0 Å². The Hall–Kier alpha value is -3.00. The monoisotopic (exact) mass is 499 g/mol. The number of benzene rings is 2. The molecular weight excluding hydrogens is 474 g/mol. The lowest BCUT2D eigenvalue weighted by Crippen LogP contribution is -2.40. The van der Waals surface area contributed by atoms with E-state index in [4.69, 9.17) is 4.74 Å². The molecule has 1 N–H and O–H groups in total. The molecule has 0 radical (unpaired) electrons. The van der Waals surface area contributed by atoms with Gasteiger partial charge in [0, 0.05) is 4.47 Å². The van der Waals surface area contributed by atoms with Gasteiger partial charge in [-0.1, -0.05) is 54.0 Å². The van der Waals surface area contributed by atoms with Crippen LogP contribution in [0.5, 0.6) is 0 Å². The second-order valence-electron chi connectivity index (χ2n) is 8.02. The fourth-order valence-corrected chi connectivity index (χ4v) is 4.01. The summed E-state index contributed by atoms with van der Waals surface area (Å²) >= 11 is 3.43. The van der Waals surface area contributed by atoms with Gasteiger partial charge in [0.15, 0.2) is 0 Å². The second kappa shape index (κ2) is 10.5. The molecule has 2 aromatic carbocycles. The summed E-state index contributed by atoms with van der Waals surface area (Å²) in [5.74, 6) is -0.652. The summed E-state index contributed by atoms with van der Waals surface area (Å²) in [6.07, 6.45) is 1.83. The normalized spacial score (nSPS) is 13.0. The summed E-state index contributed by atoms with van der Waals surface area (Å²) < 4.78 is 7.03. The van der Waals surface area contributed by atoms with Gasteiger partial charge in [-0.2, -0.15) is 0 Å². The van der Waals surface area contributed by atoms with Crippen LogP contribution in [-0.4, -0.2) is 28.5 Å². The third-order valence-corrected chi connectivity index (χ3v) is 5.68. The number of methoxy groups -OCH3 is 1. The lowest BCUT2D eigenvalue weighted by atomic mass is 10.00. The fourth-order valence-electron chi connectivity index (χ4n) is 3.59. The maximum atomic E-state index is 13.4. The van der Waals surface area contributed by atoms with E-state index in [-0.39, 0.29) is 23.8 Å². The molecule has 0 spiro atoms. The Balaban J connectivity index is 1.98. The van der Waals surface area contributed by atoms with Crippen molar-refractivity contribution in [3.05, 3.63) is 75.2 Å². The average molecular weight is 500 g/mol. The molecule has 3 aromatic rings. The van der Waals surface area contributed by atoms with Gasteiger partial charge in [0.1, 0.15) is 6.04 Å². The number of amides is 1. The quantitative estimate of drug-likeness (QED) is 0.469. The summed E-state index contributed by atoms with van der Waals surface area (Å²) in [6, 6.07) is 13.0. The van der Waals surface area contributed by atoms with Crippen molar-refractivity contribution in [2.45, 2.75) is 38.8 Å². The minimum absolute atomic E-state index is 0.0298. The maximum Gasteiger partial charge on any atom is 0.307 e. The van der Waals surface area contributed by atoms with Crippen LogP contribution in [0.3, 0.4) is 0 Å². The van der Waals surface area contributed by atoms with Crippen molar-refractivity contribution in [2.75, 3.05) is 7.11 Å². The van der Waals surface area contributed by atoms with Crippen LogP contribution in [0.25, 0.3) is 10.9 Å². The number of halogens is 1. The molecule has 0 saturated carbocycles. The highest BCUT2D eigenvalue weighted by Gasteiger charge is 2.27. The van der Waals surface area contributed by atoms with Crippen molar-refractivity contribution in [1.29, 1.82) is 0 Å². The van der Waals surface area contributed by atoms with E-state index in [0.29, 0.717) is 17.3 Å². The average Bonchev–Trinajstić information content (AvgIpc) is 2.77. The van der Waals surface area contributed by atoms with E-state index < -0.39 is 18.1 Å². The molecule has 0 saturated heterocycles. The SMILES string of the molecule is COC(=O)C[C@H](NC(=O)[C@H](CC(C)C)n1cnc2ccccc2c1=O)c1cccc(Br)c1. The van der Waals surface area contributed by atoms with Crippen LogP contribution in [0.1, 0.15) is 44.3 Å². The molecule has 0 aliphatic heterocycles. The summed E-state index contributed by atoms with van der Waals surface area (Å²) in [5.41, 5.74) is 1.06. The van der Waals surface area contributed by atoms with Gasteiger partial charge in [0.2, 0.25) is 5.91 Å². The highest BCUT2D eigenvalue weighted by molar-refractivity contribution is 9.10. The molecule has 1 heterocycles. The Kier molecular flexibility index (Phi) is 7.80. The summed E-state index contributed by atoms with van der Waals surface area (Å²) in [6.45, 7) is 3.97. The number of fused-ring (bicyclic) bond motifs is 1. The highest BCUT2D eigenvalue weighted by atomic mass is 79.9. The second-order valence-corrected chi connectivity index (χ2v) is 8.93. The summed E-state index contributed by atoms with van der Waals surface area (Å²) in [7, 11) is 1.31. The topological polar surface area (TPSA) is 90.3 Å². The van der Waals surface area contributed by atoms with Crippen molar-refractivity contribution in [3.8, 4) is 0 Å². The number of esters is 1. The molecule has 1 amide bonds. The third-order valence-electron chi connectivity index (χ3n) is 5.19. The molecule has 1 aromatic heterocycles. The zero-order chi connectivity index (χ0) is 23.3. The van der Waals surface area contributed by atoms with Crippen molar-refractivity contribution in [1.82, 2.24) is 14.9 Å². The minimum Gasteiger partial charge on any atom is -0.469 e. The van der Waals surface area contributed by atoms with E-state index in [2.05, 4.69) is 26.2 Å².